The molecule has 4 heteroatoms. The molecule has 0 fully saturated rings. The molecule has 18 heavy (non-hydrogen) atoms. The number of nitriles is 1. The molecule has 0 radical (unpaired) electrons. The molecule has 0 amide bonds. The van der Waals surface area contributed by atoms with Gasteiger partial charge in [-0.3, -0.25) is 0 Å². The van der Waals surface area contributed by atoms with Gasteiger partial charge in [0.2, 0.25) is 0 Å². The van der Waals surface area contributed by atoms with Crippen molar-refractivity contribution in [1.29, 1.82) is 5.26 Å². The van der Waals surface area contributed by atoms with Gasteiger partial charge in [0.15, 0.2) is 0 Å². The number of nitrogens with two attached hydrogens (primary N) is 1. The van der Waals surface area contributed by atoms with E-state index in [-0.39, 0.29) is 5.82 Å². The van der Waals surface area contributed by atoms with E-state index in [9.17, 15) is 4.39 Å². The number of halogens is 1. The Balaban J connectivity index is 2.26. The van der Waals surface area contributed by atoms with Crippen molar-refractivity contribution >= 4 is 17.1 Å². The van der Waals surface area contributed by atoms with Crippen molar-refractivity contribution < 1.29 is 4.39 Å². The number of nitrogens with one attached hydrogen (secondary N) is 1. The zero-order valence-corrected chi connectivity index (χ0v) is 9.87. The molecule has 0 heterocycles. The first kappa shape index (κ1) is 11.9. The van der Waals surface area contributed by atoms with Crippen LogP contribution in [0.15, 0.2) is 36.4 Å². The highest BCUT2D eigenvalue weighted by Crippen LogP contribution is 2.22. The summed E-state index contributed by atoms with van der Waals surface area (Å²) in [6.45, 7) is 1.71. The minimum Gasteiger partial charge on any atom is -0.398 e. The number of hydrogen-bond donors (Lipinski definition) is 2. The average molecular weight is 241 g/mol. The molecule has 0 aliphatic heterocycles. The molecule has 3 nitrogen and oxygen atoms in total. The summed E-state index contributed by atoms with van der Waals surface area (Å²) in [5.41, 5.74) is 8.48. The van der Waals surface area contributed by atoms with E-state index in [1.54, 1.807) is 37.3 Å². The van der Waals surface area contributed by atoms with Gasteiger partial charge in [0.25, 0.3) is 0 Å². The van der Waals surface area contributed by atoms with E-state index in [2.05, 4.69) is 5.32 Å². The fourth-order valence-electron chi connectivity index (χ4n) is 1.58. The fourth-order valence-corrected chi connectivity index (χ4v) is 1.58. The van der Waals surface area contributed by atoms with Crippen LogP contribution in [0.5, 0.6) is 0 Å². The van der Waals surface area contributed by atoms with E-state index >= 15 is 0 Å². The second-order valence-corrected chi connectivity index (χ2v) is 4.00. The van der Waals surface area contributed by atoms with Gasteiger partial charge in [-0.05, 0) is 42.8 Å². The second kappa shape index (κ2) is 4.76. The summed E-state index contributed by atoms with van der Waals surface area (Å²) in [4.78, 5) is 0. The molecule has 0 saturated heterocycles. The topological polar surface area (TPSA) is 61.8 Å². The first-order valence-corrected chi connectivity index (χ1v) is 5.43. The van der Waals surface area contributed by atoms with Crippen LogP contribution in [-0.4, -0.2) is 0 Å². The van der Waals surface area contributed by atoms with Crippen molar-refractivity contribution in [3.05, 3.63) is 53.3 Å². The van der Waals surface area contributed by atoms with Crippen LogP contribution >= 0.6 is 0 Å². The van der Waals surface area contributed by atoms with Crippen molar-refractivity contribution in [2.24, 2.45) is 0 Å². The molecular formula is C14H12FN3. The van der Waals surface area contributed by atoms with Gasteiger partial charge >= 0.3 is 0 Å². The molecule has 0 unspecified atom stereocenters. The standard InChI is InChI=1S/C14H12FN3/c1-9-2-4-11(6-13(9)15)18-12-5-3-10(8-16)14(17)7-12/h2-7,18H,17H2,1H3. The molecule has 0 bridgehead atoms. The first-order valence-electron chi connectivity index (χ1n) is 5.43. The molecule has 0 atom stereocenters. The number of aryl methyl sites for hydroxylation is 1. The predicted octanol–water partition coefficient (Wildman–Crippen LogP) is 3.33. The van der Waals surface area contributed by atoms with Gasteiger partial charge in [-0.15, -0.1) is 0 Å². The number of anilines is 3. The first-order chi connectivity index (χ1) is 8.60. The van der Waals surface area contributed by atoms with Crippen LogP contribution in [0.3, 0.4) is 0 Å². The summed E-state index contributed by atoms with van der Waals surface area (Å²) in [6, 6.07) is 11.9. The van der Waals surface area contributed by atoms with E-state index in [1.165, 1.54) is 6.07 Å². The SMILES string of the molecule is Cc1ccc(Nc2ccc(C#N)c(N)c2)cc1F. The smallest absolute Gasteiger partial charge is 0.128 e. The van der Waals surface area contributed by atoms with E-state index in [4.69, 9.17) is 11.0 Å². The predicted molar refractivity (Wildman–Crippen MR) is 70.0 cm³/mol. The minimum absolute atomic E-state index is 0.262. The third-order valence-corrected chi connectivity index (χ3v) is 2.63. The summed E-state index contributed by atoms with van der Waals surface area (Å²) in [5, 5.41) is 11.8. The van der Waals surface area contributed by atoms with Gasteiger partial charge in [0.05, 0.1) is 11.3 Å². The van der Waals surface area contributed by atoms with Crippen LogP contribution in [0, 0.1) is 24.1 Å². The third kappa shape index (κ3) is 2.41. The molecule has 0 aromatic heterocycles. The average Bonchev–Trinajstić information content (AvgIpc) is 2.34. The molecule has 2 rings (SSSR count). The van der Waals surface area contributed by atoms with Crippen molar-refractivity contribution in [3.8, 4) is 6.07 Å². The number of hydrogen-bond acceptors (Lipinski definition) is 3. The maximum absolute atomic E-state index is 13.4. The molecule has 0 aliphatic carbocycles. The number of nitrogen functional groups attached to an aromatic ring is 1. The summed E-state index contributed by atoms with van der Waals surface area (Å²) in [5.74, 6) is -0.262. The number of rotatable bonds is 2. The highest BCUT2D eigenvalue weighted by molar-refractivity contribution is 5.67. The van der Waals surface area contributed by atoms with Crippen LogP contribution in [0.2, 0.25) is 0 Å². The van der Waals surface area contributed by atoms with Crippen molar-refractivity contribution in [2.75, 3.05) is 11.1 Å². The summed E-state index contributed by atoms with van der Waals surface area (Å²) in [7, 11) is 0. The molecule has 2 aromatic carbocycles. The van der Waals surface area contributed by atoms with E-state index < -0.39 is 0 Å². The maximum atomic E-state index is 13.4. The highest BCUT2D eigenvalue weighted by Gasteiger charge is 2.02. The largest absolute Gasteiger partial charge is 0.398 e. The fraction of sp³-hybridized carbons (Fsp3) is 0.0714. The number of benzene rings is 2. The van der Waals surface area contributed by atoms with Gasteiger partial charge < -0.3 is 11.1 Å². The lowest BCUT2D eigenvalue weighted by atomic mass is 10.1. The molecule has 90 valence electrons. The van der Waals surface area contributed by atoms with Gasteiger partial charge in [-0.2, -0.15) is 5.26 Å². The molecule has 0 spiro atoms. The van der Waals surface area contributed by atoms with E-state index in [0.29, 0.717) is 22.5 Å². The molecule has 0 aliphatic rings. The molecule has 2 aromatic rings. The van der Waals surface area contributed by atoms with Crippen LogP contribution < -0.4 is 11.1 Å². The lowest BCUT2D eigenvalue weighted by Gasteiger charge is -2.08. The second-order valence-electron chi connectivity index (χ2n) is 4.00. The Morgan fingerprint density at radius 2 is 1.83 bits per heavy atom. The Labute approximate surface area is 105 Å². The summed E-state index contributed by atoms with van der Waals surface area (Å²) < 4.78 is 13.4. The Hall–Kier alpha value is -2.54. The number of nitrogens with zero attached hydrogens (tertiary/aromatic N) is 1. The van der Waals surface area contributed by atoms with Gasteiger partial charge in [-0.1, -0.05) is 6.07 Å². The van der Waals surface area contributed by atoms with E-state index in [0.717, 1.165) is 5.69 Å². The van der Waals surface area contributed by atoms with Crippen LogP contribution in [-0.2, 0) is 0 Å². The molecule has 0 saturated carbocycles. The Morgan fingerprint density at radius 1 is 1.17 bits per heavy atom. The minimum atomic E-state index is -0.262. The lowest BCUT2D eigenvalue weighted by Crippen LogP contribution is -1.95. The van der Waals surface area contributed by atoms with Crippen molar-refractivity contribution in [3.63, 3.8) is 0 Å². The Kier molecular flexibility index (Phi) is 3.16. The van der Waals surface area contributed by atoms with Crippen LogP contribution in [0.25, 0.3) is 0 Å². The Bertz CT molecular complexity index is 629. The van der Waals surface area contributed by atoms with Gasteiger partial charge in [-0.25, -0.2) is 4.39 Å². The Morgan fingerprint density at radius 3 is 2.44 bits per heavy atom. The van der Waals surface area contributed by atoms with Gasteiger partial charge in [0, 0.05) is 11.4 Å². The summed E-state index contributed by atoms with van der Waals surface area (Å²) in [6.07, 6.45) is 0. The zero-order valence-electron chi connectivity index (χ0n) is 9.87. The third-order valence-electron chi connectivity index (χ3n) is 2.63. The quantitative estimate of drug-likeness (QED) is 0.793. The monoisotopic (exact) mass is 241 g/mol. The maximum Gasteiger partial charge on any atom is 0.128 e. The van der Waals surface area contributed by atoms with Crippen molar-refractivity contribution in [2.45, 2.75) is 6.92 Å². The lowest BCUT2D eigenvalue weighted by molar-refractivity contribution is 0.619. The van der Waals surface area contributed by atoms with Gasteiger partial charge in [0.1, 0.15) is 11.9 Å². The van der Waals surface area contributed by atoms with Crippen LogP contribution in [0.1, 0.15) is 11.1 Å². The highest BCUT2D eigenvalue weighted by atomic mass is 19.1. The van der Waals surface area contributed by atoms with E-state index in [1.807, 2.05) is 6.07 Å². The van der Waals surface area contributed by atoms with Crippen molar-refractivity contribution in [1.82, 2.24) is 0 Å². The zero-order chi connectivity index (χ0) is 13.1. The molecule has 3 N–H and O–H groups in total. The van der Waals surface area contributed by atoms with Crippen LogP contribution in [0.4, 0.5) is 21.5 Å². The molecular weight excluding hydrogens is 229 g/mol. The summed E-state index contributed by atoms with van der Waals surface area (Å²) >= 11 is 0. The normalized spacial score (nSPS) is 9.83.